The van der Waals surface area contributed by atoms with Crippen molar-refractivity contribution in [1.29, 1.82) is 0 Å². The SMILES string of the molecule is CCCC1=C(OCCCCCCO)C(C)SC1=O. The molecule has 1 aliphatic rings. The number of hydrogen-bond donors (Lipinski definition) is 1. The Labute approximate surface area is 114 Å². The zero-order valence-corrected chi connectivity index (χ0v) is 12.2. The van der Waals surface area contributed by atoms with Crippen LogP contribution in [0.1, 0.15) is 52.4 Å². The minimum atomic E-state index is 0.177. The quantitative estimate of drug-likeness (QED) is 0.654. The Balaban J connectivity index is 2.35. The van der Waals surface area contributed by atoms with Crippen LogP contribution in [0.5, 0.6) is 0 Å². The van der Waals surface area contributed by atoms with Crippen LogP contribution in [0.15, 0.2) is 11.3 Å². The van der Waals surface area contributed by atoms with Crippen LogP contribution in [0.4, 0.5) is 0 Å². The molecule has 18 heavy (non-hydrogen) atoms. The smallest absolute Gasteiger partial charge is 0.219 e. The topological polar surface area (TPSA) is 46.5 Å². The van der Waals surface area contributed by atoms with Gasteiger partial charge in [-0.3, -0.25) is 4.79 Å². The van der Waals surface area contributed by atoms with Crippen molar-refractivity contribution in [1.82, 2.24) is 0 Å². The van der Waals surface area contributed by atoms with E-state index in [0.29, 0.717) is 6.61 Å². The second kappa shape index (κ2) is 8.59. The molecule has 0 amide bonds. The molecule has 0 fully saturated rings. The van der Waals surface area contributed by atoms with Crippen LogP contribution in [0.2, 0.25) is 0 Å². The Bertz CT molecular complexity index is 299. The number of thioether (sulfide) groups is 1. The van der Waals surface area contributed by atoms with Gasteiger partial charge in [0, 0.05) is 12.2 Å². The zero-order chi connectivity index (χ0) is 13.4. The number of ether oxygens (including phenoxy) is 1. The van der Waals surface area contributed by atoms with E-state index >= 15 is 0 Å². The lowest BCUT2D eigenvalue weighted by Crippen LogP contribution is -2.04. The summed E-state index contributed by atoms with van der Waals surface area (Å²) in [5.74, 6) is 0.911. The molecule has 0 aromatic heterocycles. The first kappa shape index (κ1) is 15.6. The second-order valence-electron chi connectivity index (χ2n) is 4.63. The highest BCUT2D eigenvalue weighted by Crippen LogP contribution is 2.36. The summed E-state index contributed by atoms with van der Waals surface area (Å²) in [6.07, 6.45) is 5.80. The van der Waals surface area contributed by atoms with Crippen molar-refractivity contribution >= 4 is 16.9 Å². The Morgan fingerprint density at radius 3 is 2.67 bits per heavy atom. The van der Waals surface area contributed by atoms with E-state index in [1.807, 2.05) is 6.92 Å². The Kier molecular flexibility index (Phi) is 7.44. The molecule has 1 N–H and O–H groups in total. The van der Waals surface area contributed by atoms with Gasteiger partial charge in [0.05, 0.1) is 11.9 Å². The molecule has 4 heteroatoms. The Morgan fingerprint density at radius 1 is 1.28 bits per heavy atom. The third-order valence-corrected chi connectivity index (χ3v) is 4.03. The van der Waals surface area contributed by atoms with Gasteiger partial charge in [-0.15, -0.1) is 0 Å². The largest absolute Gasteiger partial charge is 0.496 e. The molecular formula is C14H24O3S. The van der Waals surface area contributed by atoms with Crippen LogP contribution >= 0.6 is 11.8 Å². The van der Waals surface area contributed by atoms with Gasteiger partial charge in [0.1, 0.15) is 5.76 Å². The van der Waals surface area contributed by atoms with Gasteiger partial charge in [0.2, 0.25) is 5.12 Å². The van der Waals surface area contributed by atoms with E-state index in [-0.39, 0.29) is 17.0 Å². The molecule has 1 rings (SSSR count). The molecule has 0 bridgehead atoms. The van der Waals surface area contributed by atoms with Crippen molar-refractivity contribution in [2.75, 3.05) is 13.2 Å². The van der Waals surface area contributed by atoms with Crippen molar-refractivity contribution in [2.24, 2.45) is 0 Å². The summed E-state index contributed by atoms with van der Waals surface area (Å²) in [7, 11) is 0. The fourth-order valence-electron chi connectivity index (χ4n) is 2.06. The van der Waals surface area contributed by atoms with Gasteiger partial charge in [-0.05, 0) is 32.6 Å². The fourth-order valence-corrected chi connectivity index (χ4v) is 3.04. The normalized spacial score (nSPS) is 19.7. The number of rotatable bonds is 9. The van der Waals surface area contributed by atoms with Gasteiger partial charge in [0.25, 0.3) is 0 Å². The number of aliphatic hydroxyl groups is 1. The maximum atomic E-state index is 11.8. The molecule has 0 aromatic rings. The number of hydrogen-bond acceptors (Lipinski definition) is 4. The number of unbranched alkanes of at least 4 members (excludes halogenated alkanes) is 3. The molecule has 0 saturated carbocycles. The van der Waals surface area contributed by atoms with E-state index in [0.717, 1.165) is 49.9 Å². The molecule has 104 valence electrons. The molecule has 0 radical (unpaired) electrons. The van der Waals surface area contributed by atoms with Gasteiger partial charge >= 0.3 is 0 Å². The maximum absolute atomic E-state index is 11.8. The molecular weight excluding hydrogens is 248 g/mol. The highest BCUT2D eigenvalue weighted by Gasteiger charge is 2.30. The monoisotopic (exact) mass is 272 g/mol. The predicted octanol–water partition coefficient (Wildman–Crippen LogP) is 3.27. The maximum Gasteiger partial charge on any atom is 0.219 e. The van der Waals surface area contributed by atoms with Gasteiger partial charge in [0.15, 0.2) is 0 Å². The first-order valence-electron chi connectivity index (χ1n) is 6.88. The molecule has 0 aliphatic carbocycles. The minimum Gasteiger partial charge on any atom is -0.496 e. The molecule has 1 heterocycles. The van der Waals surface area contributed by atoms with Crippen LogP contribution in [0.25, 0.3) is 0 Å². The predicted molar refractivity (Wildman–Crippen MR) is 75.5 cm³/mol. The van der Waals surface area contributed by atoms with Gasteiger partial charge in [-0.1, -0.05) is 31.5 Å². The summed E-state index contributed by atoms with van der Waals surface area (Å²) < 4.78 is 5.81. The standard InChI is InChI=1S/C14H24O3S/c1-3-8-12-13(11(2)18-14(12)16)17-10-7-5-4-6-9-15/h11,15H,3-10H2,1-2H3. The molecule has 1 unspecified atom stereocenters. The van der Waals surface area contributed by atoms with Crippen LogP contribution < -0.4 is 0 Å². The van der Waals surface area contributed by atoms with Crippen LogP contribution in [0, 0.1) is 0 Å². The molecule has 0 saturated heterocycles. The summed E-state index contributed by atoms with van der Waals surface area (Å²) >= 11 is 1.38. The fraction of sp³-hybridized carbons (Fsp3) is 0.786. The summed E-state index contributed by atoms with van der Waals surface area (Å²) in [6, 6.07) is 0. The van der Waals surface area contributed by atoms with Crippen LogP contribution in [-0.2, 0) is 9.53 Å². The summed E-state index contributed by atoms with van der Waals surface area (Å²) in [6.45, 7) is 5.08. The van der Waals surface area contributed by atoms with E-state index in [4.69, 9.17) is 9.84 Å². The summed E-state index contributed by atoms with van der Waals surface area (Å²) in [5, 5.41) is 9.05. The van der Waals surface area contributed by atoms with Gasteiger partial charge < -0.3 is 9.84 Å². The lowest BCUT2D eigenvalue weighted by atomic mass is 10.1. The third kappa shape index (κ3) is 4.65. The van der Waals surface area contributed by atoms with E-state index in [1.54, 1.807) is 0 Å². The first-order valence-corrected chi connectivity index (χ1v) is 7.76. The lowest BCUT2D eigenvalue weighted by Gasteiger charge is -2.12. The minimum absolute atomic E-state index is 0.177. The lowest BCUT2D eigenvalue weighted by molar-refractivity contribution is -0.108. The Morgan fingerprint density at radius 2 is 2.00 bits per heavy atom. The molecule has 0 spiro atoms. The van der Waals surface area contributed by atoms with Gasteiger partial charge in [-0.25, -0.2) is 0 Å². The highest BCUT2D eigenvalue weighted by molar-refractivity contribution is 8.15. The second-order valence-corrected chi connectivity index (χ2v) is 5.94. The Hall–Kier alpha value is -0.480. The third-order valence-electron chi connectivity index (χ3n) is 3.01. The molecule has 0 aromatic carbocycles. The number of aliphatic hydroxyl groups excluding tert-OH is 1. The van der Waals surface area contributed by atoms with Crippen molar-refractivity contribution in [3.63, 3.8) is 0 Å². The number of carbonyl (C=O) groups is 1. The molecule has 1 atom stereocenters. The van der Waals surface area contributed by atoms with Gasteiger partial charge in [-0.2, -0.15) is 0 Å². The van der Waals surface area contributed by atoms with Crippen molar-refractivity contribution in [3.05, 3.63) is 11.3 Å². The average molecular weight is 272 g/mol. The van der Waals surface area contributed by atoms with Crippen molar-refractivity contribution in [3.8, 4) is 0 Å². The van der Waals surface area contributed by atoms with Crippen LogP contribution in [0.3, 0.4) is 0 Å². The number of carbonyl (C=O) groups excluding carboxylic acids is 1. The zero-order valence-electron chi connectivity index (χ0n) is 11.4. The van der Waals surface area contributed by atoms with Crippen LogP contribution in [-0.4, -0.2) is 28.7 Å². The van der Waals surface area contributed by atoms with E-state index < -0.39 is 0 Å². The summed E-state index contributed by atoms with van der Waals surface area (Å²) in [4.78, 5) is 11.8. The van der Waals surface area contributed by atoms with E-state index in [9.17, 15) is 4.79 Å². The molecule has 1 aliphatic heterocycles. The van der Waals surface area contributed by atoms with E-state index in [1.165, 1.54) is 11.8 Å². The van der Waals surface area contributed by atoms with E-state index in [2.05, 4.69) is 6.92 Å². The first-order chi connectivity index (χ1) is 8.70. The highest BCUT2D eigenvalue weighted by atomic mass is 32.2. The average Bonchev–Trinajstić information content (AvgIpc) is 2.60. The van der Waals surface area contributed by atoms with Crippen molar-refractivity contribution < 1.29 is 14.6 Å². The summed E-state index contributed by atoms with van der Waals surface area (Å²) in [5.41, 5.74) is 0.894. The van der Waals surface area contributed by atoms with Crippen molar-refractivity contribution in [2.45, 2.75) is 57.6 Å². The molecule has 3 nitrogen and oxygen atoms in total.